The molecular weight excluding hydrogens is 319 g/mol. The number of halogens is 1. The van der Waals surface area contributed by atoms with Gasteiger partial charge in [0.2, 0.25) is 0 Å². The number of nitrogens with zero attached hydrogens (tertiary/aromatic N) is 4. The summed E-state index contributed by atoms with van der Waals surface area (Å²) in [6, 6.07) is 14.1. The molecule has 0 radical (unpaired) electrons. The summed E-state index contributed by atoms with van der Waals surface area (Å²) in [5.41, 5.74) is 8.36. The van der Waals surface area contributed by atoms with Gasteiger partial charge in [0.25, 0.3) is 0 Å². The van der Waals surface area contributed by atoms with Gasteiger partial charge in [-0.15, -0.1) is 0 Å². The van der Waals surface area contributed by atoms with E-state index in [2.05, 4.69) is 20.4 Å². The van der Waals surface area contributed by atoms with E-state index in [1.807, 2.05) is 28.9 Å². The zero-order chi connectivity index (χ0) is 17.2. The van der Waals surface area contributed by atoms with E-state index < -0.39 is 0 Å². The maximum absolute atomic E-state index is 13.3. The molecule has 0 spiro atoms. The lowest BCUT2D eigenvalue weighted by Gasteiger charge is -2.07. The van der Waals surface area contributed by atoms with Crippen LogP contribution in [0.3, 0.4) is 0 Å². The number of anilines is 3. The number of nitrogen functional groups attached to an aromatic ring is 1. The Morgan fingerprint density at radius 1 is 1.08 bits per heavy atom. The molecule has 0 aliphatic carbocycles. The van der Waals surface area contributed by atoms with Crippen molar-refractivity contribution in [2.75, 3.05) is 11.1 Å². The number of hydrogen-bond donors (Lipinski definition) is 2. The Labute approximate surface area is 143 Å². The van der Waals surface area contributed by atoms with Crippen LogP contribution in [-0.2, 0) is 6.54 Å². The van der Waals surface area contributed by atoms with Gasteiger partial charge in [-0.2, -0.15) is 5.10 Å². The number of hydrogen-bond acceptors (Lipinski definition) is 5. The smallest absolute Gasteiger partial charge is 0.135 e. The highest BCUT2D eigenvalue weighted by Gasteiger charge is 2.06. The molecule has 4 rings (SSSR count). The van der Waals surface area contributed by atoms with Gasteiger partial charge in [0.05, 0.1) is 18.3 Å². The summed E-state index contributed by atoms with van der Waals surface area (Å²) in [6.45, 7) is 0.510. The first-order valence-electron chi connectivity index (χ1n) is 7.72. The summed E-state index contributed by atoms with van der Waals surface area (Å²) in [4.78, 5) is 7.99. The van der Waals surface area contributed by atoms with Gasteiger partial charge in [0.1, 0.15) is 23.8 Å². The molecule has 0 unspecified atom stereocenters. The largest absolute Gasteiger partial charge is 0.384 e. The number of nitrogens with two attached hydrogens (primary N) is 1. The number of rotatable bonds is 4. The number of aromatic nitrogens is 4. The van der Waals surface area contributed by atoms with Crippen molar-refractivity contribution in [2.45, 2.75) is 6.54 Å². The van der Waals surface area contributed by atoms with Crippen molar-refractivity contribution in [2.24, 2.45) is 0 Å². The molecule has 0 atom stereocenters. The van der Waals surface area contributed by atoms with Crippen molar-refractivity contribution in [3.8, 4) is 0 Å². The molecule has 6 nitrogen and oxygen atoms in total. The highest BCUT2D eigenvalue weighted by Crippen LogP contribution is 2.22. The van der Waals surface area contributed by atoms with E-state index in [4.69, 9.17) is 5.73 Å². The lowest BCUT2D eigenvalue weighted by atomic mass is 10.2. The van der Waals surface area contributed by atoms with Crippen LogP contribution in [0.2, 0.25) is 0 Å². The first-order valence-corrected chi connectivity index (χ1v) is 7.72. The van der Waals surface area contributed by atoms with E-state index in [1.165, 1.54) is 18.5 Å². The molecule has 4 aromatic rings. The van der Waals surface area contributed by atoms with Gasteiger partial charge in [0.15, 0.2) is 0 Å². The van der Waals surface area contributed by atoms with Crippen molar-refractivity contribution in [1.82, 2.24) is 19.7 Å². The Morgan fingerprint density at radius 3 is 2.84 bits per heavy atom. The molecule has 2 heterocycles. The van der Waals surface area contributed by atoms with Crippen LogP contribution in [0.1, 0.15) is 5.56 Å². The molecule has 2 aromatic carbocycles. The van der Waals surface area contributed by atoms with Crippen LogP contribution in [0.4, 0.5) is 21.7 Å². The standard InChI is InChI=1S/C18H15FN6/c19-14-3-1-2-12(6-14)10-25-16-5-4-15(7-13(16)9-23-25)24-18-8-17(20)21-11-22-18/h1-9,11H,10H2,(H3,20,21,22,24). The van der Waals surface area contributed by atoms with Crippen molar-refractivity contribution in [3.05, 3.63) is 72.4 Å². The van der Waals surface area contributed by atoms with Crippen molar-refractivity contribution >= 4 is 28.2 Å². The quantitative estimate of drug-likeness (QED) is 0.598. The predicted octanol–water partition coefficient (Wildman–Crippen LogP) is 3.34. The van der Waals surface area contributed by atoms with Crippen LogP contribution >= 0.6 is 0 Å². The second-order valence-electron chi connectivity index (χ2n) is 5.66. The number of benzene rings is 2. The summed E-state index contributed by atoms with van der Waals surface area (Å²) >= 11 is 0. The Hall–Kier alpha value is -3.48. The van der Waals surface area contributed by atoms with Crippen LogP contribution in [0.25, 0.3) is 10.9 Å². The molecule has 25 heavy (non-hydrogen) atoms. The van der Waals surface area contributed by atoms with E-state index in [0.29, 0.717) is 18.2 Å². The third-order valence-corrected chi connectivity index (χ3v) is 3.82. The molecule has 0 aliphatic rings. The van der Waals surface area contributed by atoms with Crippen molar-refractivity contribution in [1.29, 1.82) is 0 Å². The van der Waals surface area contributed by atoms with Gasteiger partial charge in [0, 0.05) is 17.1 Å². The lowest BCUT2D eigenvalue weighted by molar-refractivity contribution is 0.621. The van der Waals surface area contributed by atoms with E-state index in [1.54, 1.807) is 18.3 Å². The normalized spacial score (nSPS) is 10.9. The van der Waals surface area contributed by atoms with Gasteiger partial charge in [-0.1, -0.05) is 12.1 Å². The fourth-order valence-electron chi connectivity index (χ4n) is 2.69. The minimum absolute atomic E-state index is 0.246. The molecule has 2 aromatic heterocycles. The second-order valence-corrected chi connectivity index (χ2v) is 5.66. The molecule has 0 fully saturated rings. The Balaban J connectivity index is 1.60. The number of fused-ring (bicyclic) bond motifs is 1. The summed E-state index contributed by atoms with van der Waals surface area (Å²) in [7, 11) is 0. The van der Waals surface area contributed by atoms with Gasteiger partial charge >= 0.3 is 0 Å². The van der Waals surface area contributed by atoms with E-state index in [0.717, 1.165) is 22.2 Å². The van der Waals surface area contributed by atoms with Gasteiger partial charge in [-0.25, -0.2) is 14.4 Å². The molecule has 0 saturated carbocycles. The Morgan fingerprint density at radius 2 is 2.00 bits per heavy atom. The first-order chi connectivity index (χ1) is 12.2. The molecule has 0 amide bonds. The summed E-state index contributed by atoms with van der Waals surface area (Å²) < 4.78 is 15.2. The van der Waals surface area contributed by atoms with E-state index in [-0.39, 0.29) is 5.82 Å². The predicted molar refractivity (Wildman–Crippen MR) is 95.0 cm³/mol. The number of nitrogens with one attached hydrogen (secondary N) is 1. The molecule has 0 saturated heterocycles. The van der Waals surface area contributed by atoms with Gasteiger partial charge < -0.3 is 11.1 Å². The van der Waals surface area contributed by atoms with E-state index in [9.17, 15) is 4.39 Å². The lowest BCUT2D eigenvalue weighted by Crippen LogP contribution is -2.01. The highest BCUT2D eigenvalue weighted by molar-refractivity contribution is 5.83. The van der Waals surface area contributed by atoms with Crippen LogP contribution in [0, 0.1) is 5.82 Å². The maximum Gasteiger partial charge on any atom is 0.135 e. The fraction of sp³-hybridized carbons (Fsp3) is 0.0556. The molecule has 0 bridgehead atoms. The summed E-state index contributed by atoms with van der Waals surface area (Å²) in [5, 5.41) is 8.56. The van der Waals surface area contributed by atoms with Gasteiger partial charge in [-0.05, 0) is 35.9 Å². The minimum atomic E-state index is -0.246. The molecule has 0 aliphatic heterocycles. The molecular formula is C18H15FN6. The SMILES string of the molecule is Nc1cc(Nc2ccc3c(cnn3Cc3cccc(F)c3)c2)ncn1. The molecule has 3 N–H and O–H groups in total. The Kier molecular flexibility index (Phi) is 3.74. The summed E-state index contributed by atoms with van der Waals surface area (Å²) in [5.74, 6) is 0.782. The third kappa shape index (κ3) is 3.25. The zero-order valence-corrected chi connectivity index (χ0v) is 13.2. The topological polar surface area (TPSA) is 81.6 Å². The van der Waals surface area contributed by atoms with Gasteiger partial charge in [-0.3, -0.25) is 4.68 Å². The average molecular weight is 334 g/mol. The Bertz CT molecular complexity index is 1040. The van der Waals surface area contributed by atoms with Crippen LogP contribution in [0.5, 0.6) is 0 Å². The van der Waals surface area contributed by atoms with Crippen LogP contribution in [0.15, 0.2) is 61.1 Å². The van der Waals surface area contributed by atoms with Crippen LogP contribution in [-0.4, -0.2) is 19.7 Å². The summed E-state index contributed by atoms with van der Waals surface area (Å²) in [6.07, 6.45) is 3.20. The molecule has 124 valence electrons. The van der Waals surface area contributed by atoms with E-state index >= 15 is 0 Å². The highest BCUT2D eigenvalue weighted by atomic mass is 19.1. The fourth-order valence-corrected chi connectivity index (χ4v) is 2.69. The zero-order valence-electron chi connectivity index (χ0n) is 13.2. The minimum Gasteiger partial charge on any atom is -0.384 e. The van der Waals surface area contributed by atoms with Crippen molar-refractivity contribution < 1.29 is 4.39 Å². The van der Waals surface area contributed by atoms with Crippen LogP contribution < -0.4 is 11.1 Å². The average Bonchev–Trinajstić information content (AvgIpc) is 2.97. The monoisotopic (exact) mass is 334 g/mol. The first kappa shape index (κ1) is 15.1. The maximum atomic E-state index is 13.3. The third-order valence-electron chi connectivity index (χ3n) is 3.82. The second kappa shape index (κ2) is 6.20. The van der Waals surface area contributed by atoms with Crippen molar-refractivity contribution in [3.63, 3.8) is 0 Å². The molecule has 7 heteroatoms.